The number of ketones is 1. The van der Waals surface area contributed by atoms with E-state index in [0.29, 0.717) is 22.6 Å². The maximum atomic E-state index is 12.2. The molecule has 0 amide bonds. The fourth-order valence-electron chi connectivity index (χ4n) is 2.63. The molecule has 4 heteroatoms. The highest BCUT2D eigenvalue weighted by Crippen LogP contribution is 2.17. The Labute approximate surface area is 164 Å². The summed E-state index contributed by atoms with van der Waals surface area (Å²) in [6.07, 6.45) is 3.23. The van der Waals surface area contributed by atoms with Crippen molar-refractivity contribution in [2.24, 2.45) is 0 Å². The molecule has 28 heavy (non-hydrogen) atoms. The summed E-state index contributed by atoms with van der Waals surface area (Å²) >= 11 is 0. The Kier molecular flexibility index (Phi) is 6.02. The van der Waals surface area contributed by atoms with E-state index in [-0.39, 0.29) is 5.78 Å². The minimum Gasteiger partial charge on any atom is -0.497 e. The summed E-state index contributed by atoms with van der Waals surface area (Å²) in [5.74, 6) is 0.664. The van der Waals surface area contributed by atoms with E-state index in [1.54, 1.807) is 73.8 Å². The fourth-order valence-corrected chi connectivity index (χ4v) is 2.63. The van der Waals surface area contributed by atoms with Crippen LogP contribution in [0, 0.1) is 6.92 Å². The second kappa shape index (κ2) is 8.82. The largest absolute Gasteiger partial charge is 0.497 e. The van der Waals surface area contributed by atoms with Crippen LogP contribution in [-0.2, 0) is 0 Å². The van der Waals surface area contributed by atoms with E-state index in [1.807, 2.05) is 19.1 Å². The van der Waals surface area contributed by atoms with Crippen molar-refractivity contribution in [3.63, 3.8) is 0 Å². The van der Waals surface area contributed by atoms with E-state index in [9.17, 15) is 9.59 Å². The second-order valence-electron chi connectivity index (χ2n) is 6.20. The van der Waals surface area contributed by atoms with E-state index in [0.717, 1.165) is 11.1 Å². The van der Waals surface area contributed by atoms with Gasteiger partial charge >= 0.3 is 5.97 Å². The highest BCUT2D eigenvalue weighted by Gasteiger charge is 2.10. The lowest BCUT2D eigenvalue weighted by Crippen LogP contribution is -2.09. The van der Waals surface area contributed by atoms with Crippen LogP contribution in [0.1, 0.15) is 31.8 Å². The lowest BCUT2D eigenvalue weighted by molar-refractivity contribution is 0.0734. The number of ether oxygens (including phenoxy) is 2. The summed E-state index contributed by atoms with van der Waals surface area (Å²) in [5, 5.41) is 0. The molecule has 3 rings (SSSR count). The zero-order chi connectivity index (χ0) is 19.9. The molecule has 0 aliphatic carbocycles. The predicted molar refractivity (Wildman–Crippen MR) is 109 cm³/mol. The first-order valence-corrected chi connectivity index (χ1v) is 8.81. The van der Waals surface area contributed by atoms with Gasteiger partial charge in [0.05, 0.1) is 12.7 Å². The van der Waals surface area contributed by atoms with Crippen LogP contribution in [-0.4, -0.2) is 18.9 Å². The second-order valence-corrected chi connectivity index (χ2v) is 6.20. The minimum atomic E-state index is -0.393. The van der Waals surface area contributed by atoms with Crippen LogP contribution in [0.5, 0.6) is 11.5 Å². The molecule has 0 aromatic heterocycles. The third kappa shape index (κ3) is 4.74. The van der Waals surface area contributed by atoms with Crippen LogP contribution < -0.4 is 9.47 Å². The van der Waals surface area contributed by atoms with Crippen LogP contribution in [0.2, 0.25) is 0 Å². The minimum absolute atomic E-state index is 0.0993. The molecule has 3 aromatic carbocycles. The Morgan fingerprint density at radius 2 is 1.46 bits per heavy atom. The Bertz CT molecular complexity index is 1000. The van der Waals surface area contributed by atoms with Crippen LogP contribution in [0.3, 0.4) is 0 Å². The lowest BCUT2D eigenvalue weighted by Gasteiger charge is -2.06. The summed E-state index contributed by atoms with van der Waals surface area (Å²) in [6, 6.07) is 21.2. The number of allylic oxidation sites excluding steroid dienone is 1. The third-order valence-electron chi connectivity index (χ3n) is 4.26. The van der Waals surface area contributed by atoms with Gasteiger partial charge in [0.1, 0.15) is 11.5 Å². The lowest BCUT2D eigenvalue weighted by atomic mass is 10.1. The smallest absolute Gasteiger partial charge is 0.343 e. The Balaban J connectivity index is 1.63. The number of rotatable bonds is 6. The van der Waals surface area contributed by atoms with E-state index in [1.165, 1.54) is 6.08 Å². The molecule has 0 aliphatic rings. The summed E-state index contributed by atoms with van der Waals surface area (Å²) in [7, 11) is 1.58. The molecule has 0 radical (unpaired) electrons. The fraction of sp³-hybridized carbons (Fsp3) is 0.0833. The molecule has 0 saturated heterocycles. The number of aryl methyl sites for hydroxylation is 1. The predicted octanol–water partition coefficient (Wildman–Crippen LogP) is 5.12. The number of hydrogen-bond donors (Lipinski definition) is 0. The quantitative estimate of drug-likeness (QED) is 0.261. The van der Waals surface area contributed by atoms with Crippen molar-refractivity contribution >= 4 is 17.8 Å². The number of hydrogen-bond acceptors (Lipinski definition) is 4. The van der Waals surface area contributed by atoms with Crippen molar-refractivity contribution in [1.82, 2.24) is 0 Å². The van der Waals surface area contributed by atoms with Crippen LogP contribution >= 0.6 is 0 Å². The van der Waals surface area contributed by atoms with E-state index in [2.05, 4.69) is 0 Å². The zero-order valence-electron chi connectivity index (χ0n) is 15.7. The maximum absolute atomic E-state index is 12.2. The molecule has 0 heterocycles. The molecular weight excluding hydrogens is 352 g/mol. The number of carbonyl (C=O) groups excluding carboxylic acids is 2. The topological polar surface area (TPSA) is 52.6 Å². The van der Waals surface area contributed by atoms with Crippen molar-refractivity contribution in [3.8, 4) is 11.5 Å². The number of benzene rings is 3. The molecule has 0 unspecified atom stereocenters. The van der Waals surface area contributed by atoms with E-state index in [4.69, 9.17) is 9.47 Å². The highest BCUT2D eigenvalue weighted by atomic mass is 16.5. The summed E-state index contributed by atoms with van der Waals surface area (Å²) in [4.78, 5) is 24.5. The molecule has 140 valence electrons. The molecule has 0 N–H and O–H groups in total. The van der Waals surface area contributed by atoms with Gasteiger partial charge in [-0.05, 0) is 66.6 Å². The molecule has 0 fully saturated rings. The van der Waals surface area contributed by atoms with Crippen molar-refractivity contribution in [1.29, 1.82) is 0 Å². The van der Waals surface area contributed by atoms with Crippen LogP contribution in [0.4, 0.5) is 0 Å². The standard InChI is InChI=1S/C24H20O4/c1-17-5-3-4-6-22(17)24(26)28-21-12-7-18(8-13-21)9-16-23(25)19-10-14-20(27-2)15-11-19/h3-16H,1-2H3/b16-9+. The van der Waals surface area contributed by atoms with Crippen LogP contribution in [0.25, 0.3) is 6.08 Å². The van der Waals surface area contributed by atoms with Gasteiger partial charge in [-0.2, -0.15) is 0 Å². The molecule has 0 atom stereocenters. The Morgan fingerprint density at radius 1 is 0.821 bits per heavy atom. The molecule has 0 bridgehead atoms. The zero-order valence-corrected chi connectivity index (χ0v) is 15.7. The van der Waals surface area contributed by atoms with Gasteiger partial charge in [0, 0.05) is 5.56 Å². The van der Waals surface area contributed by atoms with Gasteiger partial charge in [-0.15, -0.1) is 0 Å². The first kappa shape index (κ1) is 19.1. The summed E-state index contributed by atoms with van der Waals surface area (Å²) in [5.41, 5.74) is 2.82. The molecule has 0 aliphatic heterocycles. The monoisotopic (exact) mass is 372 g/mol. The average Bonchev–Trinajstić information content (AvgIpc) is 2.73. The molecular formula is C24H20O4. The average molecular weight is 372 g/mol. The third-order valence-corrected chi connectivity index (χ3v) is 4.26. The first-order valence-electron chi connectivity index (χ1n) is 8.81. The van der Waals surface area contributed by atoms with E-state index < -0.39 is 5.97 Å². The summed E-state index contributed by atoms with van der Waals surface area (Å²) in [6.45, 7) is 1.87. The number of carbonyl (C=O) groups is 2. The van der Waals surface area contributed by atoms with Crippen LogP contribution in [0.15, 0.2) is 78.9 Å². The maximum Gasteiger partial charge on any atom is 0.343 e. The van der Waals surface area contributed by atoms with E-state index >= 15 is 0 Å². The van der Waals surface area contributed by atoms with Gasteiger partial charge in [0.25, 0.3) is 0 Å². The van der Waals surface area contributed by atoms with Gasteiger partial charge < -0.3 is 9.47 Å². The van der Waals surface area contributed by atoms with Crippen molar-refractivity contribution < 1.29 is 19.1 Å². The molecule has 3 aromatic rings. The normalized spacial score (nSPS) is 10.6. The number of methoxy groups -OCH3 is 1. The molecule has 0 saturated carbocycles. The highest BCUT2D eigenvalue weighted by molar-refractivity contribution is 6.06. The first-order chi connectivity index (χ1) is 13.6. The van der Waals surface area contributed by atoms with Gasteiger partial charge in [-0.25, -0.2) is 4.79 Å². The van der Waals surface area contributed by atoms with Crippen molar-refractivity contribution in [2.75, 3.05) is 7.11 Å². The van der Waals surface area contributed by atoms with Crippen molar-refractivity contribution in [3.05, 3.63) is 101 Å². The summed E-state index contributed by atoms with van der Waals surface area (Å²) < 4.78 is 10.5. The Morgan fingerprint density at radius 3 is 2.11 bits per heavy atom. The van der Waals surface area contributed by atoms with Gasteiger partial charge in [-0.3, -0.25) is 4.79 Å². The van der Waals surface area contributed by atoms with Gasteiger partial charge in [0.2, 0.25) is 0 Å². The van der Waals surface area contributed by atoms with Gasteiger partial charge in [-0.1, -0.05) is 36.4 Å². The Hall–Kier alpha value is -3.66. The van der Waals surface area contributed by atoms with Crippen molar-refractivity contribution in [2.45, 2.75) is 6.92 Å². The SMILES string of the molecule is COc1ccc(C(=O)/C=C/c2ccc(OC(=O)c3ccccc3C)cc2)cc1. The number of esters is 1. The molecule has 4 nitrogen and oxygen atoms in total. The molecule has 0 spiro atoms. The van der Waals surface area contributed by atoms with Gasteiger partial charge in [0.15, 0.2) is 5.78 Å².